The molecule has 1 aliphatic heterocycles. The molecule has 1 rings (SSSR count). The fourth-order valence-electron chi connectivity index (χ4n) is 1.90. The van der Waals surface area contributed by atoms with E-state index in [0.717, 1.165) is 0 Å². The summed E-state index contributed by atoms with van der Waals surface area (Å²) in [7, 11) is 0. The van der Waals surface area contributed by atoms with Gasteiger partial charge < -0.3 is 9.47 Å². The molecule has 1 atom stereocenters. The van der Waals surface area contributed by atoms with Crippen LogP contribution in [0.2, 0.25) is 0 Å². The van der Waals surface area contributed by atoms with Gasteiger partial charge in [-0.05, 0) is 0 Å². The predicted octanol–water partition coefficient (Wildman–Crippen LogP) is 5.50. The second kappa shape index (κ2) is 7.98. The van der Waals surface area contributed by atoms with Crippen LogP contribution in [-0.2, 0) is 9.47 Å². The summed E-state index contributed by atoms with van der Waals surface area (Å²) in [6.45, 7) is -2.05. The molecule has 0 amide bonds. The molecule has 31 heavy (non-hydrogen) atoms. The van der Waals surface area contributed by atoms with E-state index in [-0.39, 0.29) is 6.61 Å². The van der Waals surface area contributed by atoms with E-state index >= 15 is 0 Å². The van der Waals surface area contributed by atoms with Crippen molar-refractivity contribution in [3.05, 3.63) is 0 Å². The van der Waals surface area contributed by atoms with Gasteiger partial charge in [0.15, 0.2) is 0 Å². The van der Waals surface area contributed by atoms with Crippen molar-refractivity contribution in [2.45, 2.75) is 60.4 Å². The SMILES string of the molecule is FC(F)C(F)(F)C(F)(F)C(F)(F)C(F)(F)C(F)(F)C(F)(F)C(F)(F)CCOCC1CO1. The Morgan fingerprint density at radius 2 is 1.06 bits per heavy atom. The van der Waals surface area contributed by atoms with E-state index < -0.39 is 73.6 Å². The Morgan fingerprint density at radius 1 is 0.677 bits per heavy atom. The van der Waals surface area contributed by atoms with Gasteiger partial charge in [-0.2, -0.15) is 61.5 Å². The van der Waals surface area contributed by atoms with Crippen molar-refractivity contribution in [2.75, 3.05) is 19.8 Å². The maximum absolute atomic E-state index is 13.5. The molecule has 186 valence electrons. The van der Waals surface area contributed by atoms with E-state index in [1.54, 1.807) is 0 Å². The highest BCUT2D eigenvalue weighted by atomic mass is 19.4. The van der Waals surface area contributed by atoms with Crippen LogP contribution in [0.4, 0.5) is 70.2 Å². The van der Waals surface area contributed by atoms with Crippen LogP contribution in [0, 0.1) is 0 Å². The van der Waals surface area contributed by atoms with Gasteiger partial charge in [0.25, 0.3) is 0 Å². The van der Waals surface area contributed by atoms with Gasteiger partial charge >= 0.3 is 47.9 Å². The number of epoxide rings is 1. The van der Waals surface area contributed by atoms with Crippen LogP contribution in [0.5, 0.6) is 0 Å². The van der Waals surface area contributed by atoms with Crippen molar-refractivity contribution in [3.8, 4) is 0 Å². The van der Waals surface area contributed by atoms with Crippen molar-refractivity contribution < 1.29 is 79.7 Å². The molecule has 0 spiro atoms. The number of halogens is 16. The molecule has 1 saturated heterocycles. The number of alkyl halides is 16. The Hall–Kier alpha value is -1.20. The van der Waals surface area contributed by atoms with E-state index in [1.807, 2.05) is 0 Å². The normalized spacial score (nSPS) is 19.8. The minimum absolute atomic E-state index is 0.0450. The van der Waals surface area contributed by atoms with Crippen molar-refractivity contribution in [3.63, 3.8) is 0 Å². The maximum atomic E-state index is 13.5. The highest BCUT2D eigenvalue weighted by molar-refractivity contribution is 5.14. The summed E-state index contributed by atoms with van der Waals surface area (Å²) < 4.78 is 218. The van der Waals surface area contributed by atoms with Gasteiger partial charge in [-0.1, -0.05) is 0 Å². The van der Waals surface area contributed by atoms with Crippen LogP contribution in [0.15, 0.2) is 0 Å². The molecule has 0 saturated carbocycles. The average molecular weight is 502 g/mol. The number of ether oxygens (including phenoxy) is 2. The van der Waals surface area contributed by atoms with Gasteiger partial charge in [-0.15, -0.1) is 0 Å². The molecular formula is C13H10F16O2. The summed E-state index contributed by atoms with van der Waals surface area (Å²) in [6.07, 6.45) is -9.06. The lowest BCUT2D eigenvalue weighted by atomic mass is 9.88. The van der Waals surface area contributed by atoms with Gasteiger partial charge in [0.1, 0.15) is 6.10 Å². The standard InChI is InChI=1S/C13H10F16O2/c14-6(15)8(18,19)10(22,23)12(26,27)13(28,29)11(24,25)9(20,21)7(16,17)1-2-30-3-5-4-31-5/h5-6H,1-4H2. The minimum atomic E-state index is -8.36. The van der Waals surface area contributed by atoms with E-state index in [2.05, 4.69) is 9.47 Å². The lowest BCUT2D eigenvalue weighted by molar-refractivity contribution is -0.447. The molecule has 1 heterocycles. The summed E-state index contributed by atoms with van der Waals surface area (Å²) in [5, 5.41) is 0. The lowest BCUT2D eigenvalue weighted by Crippen LogP contribution is -2.73. The smallest absolute Gasteiger partial charge is 0.378 e. The highest BCUT2D eigenvalue weighted by Crippen LogP contribution is 2.63. The molecule has 1 fully saturated rings. The highest BCUT2D eigenvalue weighted by Gasteiger charge is 2.93. The Kier molecular flexibility index (Phi) is 7.17. The summed E-state index contributed by atoms with van der Waals surface area (Å²) in [6, 6.07) is 0. The van der Waals surface area contributed by atoms with Crippen LogP contribution in [0.25, 0.3) is 0 Å². The minimum Gasteiger partial charge on any atom is -0.378 e. The van der Waals surface area contributed by atoms with Crippen molar-refractivity contribution in [1.82, 2.24) is 0 Å². The van der Waals surface area contributed by atoms with Crippen molar-refractivity contribution in [1.29, 1.82) is 0 Å². The van der Waals surface area contributed by atoms with Crippen LogP contribution in [0.1, 0.15) is 6.42 Å². The van der Waals surface area contributed by atoms with Gasteiger partial charge in [0.2, 0.25) is 0 Å². The summed E-state index contributed by atoms with van der Waals surface area (Å²) in [4.78, 5) is 0. The molecule has 1 unspecified atom stereocenters. The van der Waals surface area contributed by atoms with Crippen LogP contribution in [0.3, 0.4) is 0 Å². The van der Waals surface area contributed by atoms with Crippen LogP contribution >= 0.6 is 0 Å². The maximum Gasteiger partial charge on any atom is 0.384 e. The van der Waals surface area contributed by atoms with Gasteiger partial charge in [-0.3, -0.25) is 0 Å². The fraction of sp³-hybridized carbons (Fsp3) is 1.00. The zero-order valence-electron chi connectivity index (χ0n) is 14.3. The van der Waals surface area contributed by atoms with E-state index in [0.29, 0.717) is 0 Å². The molecule has 0 N–H and O–H groups in total. The third-order valence-electron chi connectivity index (χ3n) is 4.00. The van der Waals surface area contributed by atoms with Gasteiger partial charge in [0.05, 0.1) is 19.8 Å². The molecule has 2 nitrogen and oxygen atoms in total. The molecule has 1 aliphatic rings. The first-order valence-electron chi connectivity index (χ1n) is 7.64. The first-order chi connectivity index (χ1) is 13.5. The number of hydrogen-bond acceptors (Lipinski definition) is 2. The third-order valence-corrected chi connectivity index (χ3v) is 4.00. The zero-order chi connectivity index (χ0) is 24.9. The molecule has 18 heteroatoms. The first kappa shape index (κ1) is 27.8. The van der Waals surface area contributed by atoms with E-state index in [9.17, 15) is 70.2 Å². The second-order valence-electron chi connectivity index (χ2n) is 6.28. The first-order valence-corrected chi connectivity index (χ1v) is 7.64. The third kappa shape index (κ3) is 4.25. The predicted molar refractivity (Wildman–Crippen MR) is 65.8 cm³/mol. The molecule has 0 aromatic rings. The fourth-order valence-corrected chi connectivity index (χ4v) is 1.90. The van der Waals surface area contributed by atoms with Crippen molar-refractivity contribution >= 4 is 0 Å². The summed E-state index contributed by atoms with van der Waals surface area (Å²) >= 11 is 0. The Labute approximate surface area is 161 Å². The Bertz CT molecular complexity index is 627. The average Bonchev–Trinajstić information content (AvgIpc) is 3.41. The van der Waals surface area contributed by atoms with Crippen molar-refractivity contribution in [2.24, 2.45) is 0 Å². The summed E-state index contributed by atoms with van der Waals surface area (Å²) in [5.74, 6) is -54.2. The molecule has 0 aromatic heterocycles. The molecule has 0 aromatic carbocycles. The van der Waals surface area contributed by atoms with Crippen LogP contribution in [-0.4, -0.2) is 73.8 Å². The monoisotopic (exact) mass is 502 g/mol. The molecule has 0 aliphatic carbocycles. The van der Waals surface area contributed by atoms with Crippen LogP contribution < -0.4 is 0 Å². The van der Waals surface area contributed by atoms with E-state index in [4.69, 9.17) is 0 Å². The lowest BCUT2D eigenvalue weighted by Gasteiger charge is -2.42. The topological polar surface area (TPSA) is 21.8 Å². The second-order valence-corrected chi connectivity index (χ2v) is 6.28. The molecule has 0 bridgehead atoms. The molecular weight excluding hydrogens is 492 g/mol. The largest absolute Gasteiger partial charge is 0.384 e. The Balaban J connectivity index is 3.26. The van der Waals surface area contributed by atoms with Gasteiger partial charge in [0, 0.05) is 6.42 Å². The number of hydrogen-bond donors (Lipinski definition) is 0. The summed E-state index contributed by atoms with van der Waals surface area (Å²) in [5.41, 5.74) is 0. The van der Waals surface area contributed by atoms with E-state index in [1.165, 1.54) is 0 Å². The quantitative estimate of drug-likeness (QED) is 0.200. The number of rotatable bonds is 12. The zero-order valence-corrected chi connectivity index (χ0v) is 14.3. The molecule has 0 radical (unpaired) electrons. The van der Waals surface area contributed by atoms with Gasteiger partial charge in [-0.25, -0.2) is 8.78 Å². The Morgan fingerprint density at radius 3 is 1.45 bits per heavy atom.